The molecule has 0 amide bonds. The summed E-state index contributed by atoms with van der Waals surface area (Å²) in [5.41, 5.74) is 0.879. The fraction of sp³-hybridized carbons (Fsp3) is 0.462. The van der Waals surface area contributed by atoms with E-state index in [-0.39, 0.29) is 5.41 Å². The van der Waals surface area contributed by atoms with Crippen molar-refractivity contribution in [2.75, 3.05) is 6.61 Å². The van der Waals surface area contributed by atoms with E-state index in [0.29, 0.717) is 6.61 Å². The van der Waals surface area contributed by atoms with E-state index in [2.05, 4.69) is 22.0 Å². The Morgan fingerprint density at radius 3 is 2.81 bits per heavy atom. The number of hydrogen-bond acceptors (Lipinski definition) is 2. The zero-order chi connectivity index (χ0) is 12.0. The van der Waals surface area contributed by atoms with Gasteiger partial charge in [0.1, 0.15) is 5.75 Å². The van der Waals surface area contributed by atoms with Gasteiger partial charge < -0.3 is 4.74 Å². The third-order valence-corrected chi connectivity index (χ3v) is 3.00. The van der Waals surface area contributed by atoms with Gasteiger partial charge in [-0.25, -0.2) is 0 Å². The van der Waals surface area contributed by atoms with Crippen molar-refractivity contribution in [2.24, 2.45) is 5.41 Å². The molecule has 1 aromatic rings. The molecule has 0 saturated heterocycles. The minimum atomic E-state index is -0.312. The van der Waals surface area contributed by atoms with Gasteiger partial charge in [-0.05, 0) is 38.0 Å². The standard InChI is InChI=1S/C13H16BrNO/c1-13(2,10-15)6-7-16-12-5-3-4-11(8-12)9-14/h3-5,8H,6-7,9H2,1-2H3. The van der Waals surface area contributed by atoms with E-state index in [4.69, 9.17) is 10.00 Å². The van der Waals surface area contributed by atoms with E-state index in [0.717, 1.165) is 17.5 Å². The Morgan fingerprint density at radius 2 is 2.19 bits per heavy atom. The molecule has 0 fully saturated rings. The molecule has 3 heteroatoms. The molecule has 0 N–H and O–H groups in total. The van der Waals surface area contributed by atoms with Crippen molar-refractivity contribution in [3.05, 3.63) is 29.8 Å². The van der Waals surface area contributed by atoms with Crippen molar-refractivity contribution in [2.45, 2.75) is 25.6 Å². The summed E-state index contributed by atoms with van der Waals surface area (Å²) in [6, 6.07) is 10.2. The van der Waals surface area contributed by atoms with Crippen LogP contribution in [0.4, 0.5) is 0 Å². The highest BCUT2D eigenvalue weighted by Crippen LogP contribution is 2.20. The molecule has 0 aromatic heterocycles. The lowest BCUT2D eigenvalue weighted by molar-refractivity contribution is 0.264. The van der Waals surface area contributed by atoms with Crippen molar-refractivity contribution in [1.82, 2.24) is 0 Å². The molecule has 0 unspecified atom stereocenters. The van der Waals surface area contributed by atoms with Gasteiger partial charge in [0.05, 0.1) is 18.1 Å². The third kappa shape index (κ3) is 4.24. The Bertz CT molecular complexity index is 382. The van der Waals surface area contributed by atoms with Gasteiger partial charge >= 0.3 is 0 Å². The van der Waals surface area contributed by atoms with Gasteiger partial charge in [0.2, 0.25) is 0 Å². The molecular formula is C13H16BrNO. The Morgan fingerprint density at radius 1 is 1.44 bits per heavy atom. The number of halogens is 1. The van der Waals surface area contributed by atoms with Crippen LogP contribution in [0, 0.1) is 16.7 Å². The van der Waals surface area contributed by atoms with E-state index in [9.17, 15) is 0 Å². The first-order valence-electron chi connectivity index (χ1n) is 5.26. The minimum Gasteiger partial charge on any atom is -0.494 e. The Balaban J connectivity index is 2.46. The Labute approximate surface area is 105 Å². The summed E-state index contributed by atoms with van der Waals surface area (Å²) in [5, 5.41) is 9.69. The number of nitrogens with zero attached hydrogens (tertiary/aromatic N) is 1. The zero-order valence-electron chi connectivity index (χ0n) is 9.66. The van der Waals surface area contributed by atoms with Crippen LogP contribution in [-0.2, 0) is 5.33 Å². The first-order chi connectivity index (χ1) is 7.57. The summed E-state index contributed by atoms with van der Waals surface area (Å²) in [4.78, 5) is 0. The maximum atomic E-state index is 8.86. The largest absolute Gasteiger partial charge is 0.494 e. The van der Waals surface area contributed by atoms with Crippen molar-refractivity contribution >= 4 is 15.9 Å². The molecule has 0 aliphatic rings. The lowest BCUT2D eigenvalue weighted by Crippen LogP contribution is -2.13. The summed E-state index contributed by atoms with van der Waals surface area (Å²) in [6.07, 6.45) is 0.738. The van der Waals surface area contributed by atoms with Crippen LogP contribution >= 0.6 is 15.9 Å². The molecule has 0 aliphatic carbocycles. The Hall–Kier alpha value is -1.01. The molecule has 0 heterocycles. The van der Waals surface area contributed by atoms with Gasteiger partial charge in [-0.15, -0.1) is 0 Å². The second-order valence-electron chi connectivity index (χ2n) is 4.38. The zero-order valence-corrected chi connectivity index (χ0v) is 11.3. The summed E-state index contributed by atoms with van der Waals surface area (Å²) in [5.74, 6) is 0.866. The van der Waals surface area contributed by atoms with Crippen LogP contribution in [0.5, 0.6) is 5.75 Å². The highest BCUT2D eigenvalue weighted by Gasteiger charge is 2.16. The van der Waals surface area contributed by atoms with E-state index in [1.165, 1.54) is 5.56 Å². The summed E-state index contributed by atoms with van der Waals surface area (Å²) in [6.45, 7) is 4.42. The molecule has 16 heavy (non-hydrogen) atoms. The van der Waals surface area contributed by atoms with Crippen LogP contribution in [0.1, 0.15) is 25.8 Å². The van der Waals surface area contributed by atoms with Crippen LogP contribution in [0.2, 0.25) is 0 Å². The lowest BCUT2D eigenvalue weighted by Gasteiger charge is -2.15. The average molecular weight is 282 g/mol. The fourth-order valence-corrected chi connectivity index (χ4v) is 1.55. The monoisotopic (exact) mass is 281 g/mol. The lowest BCUT2D eigenvalue weighted by atomic mass is 9.92. The van der Waals surface area contributed by atoms with Crippen molar-refractivity contribution < 1.29 is 4.74 Å². The normalized spacial score (nSPS) is 10.9. The van der Waals surface area contributed by atoms with Crippen LogP contribution in [0.3, 0.4) is 0 Å². The van der Waals surface area contributed by atoms with Crippen molar-refractivity contribution in [1.29, 1.82) is 5.26 Å². The topological polar surface area (TPSA) is 33.0 Å². The van der Waals surface area contributed by atoms with Crippen LogP contribution in [0.25, 0.3) is 0 Å². The second kappa shape index (κ2) is 5.91. The van der Waals surface area contributed by atoms with Crippen LogP contribution < -0.4 is 4.74 Å². The molecule has 1 rings (SSSR count). The number of nitriles is 1. The quantitative estimate of drug-likeness (QED) is 0.767. The molecule has 0 aliphatic heterocycles. The predicted molar refractivity (Wildman–Crippen MR) is 68.6 cm³/mol. The molecule has 0 atom stereocenters. The van der Waals surface area contributed by atoms with Gasteiger partial charge in [-0.1, -0.05) is 28.1 Å². The molecule has 86 valence electrons. The van der Waals surface area contributed by atoms with E-state index < -0.39 is 0 Å². The van der Waals surface area contributed by atoms with Gasteiger partial charge in [0.15, 0.2) is 0 Å². The first kappa shape index (κ1) is 13.1. The number of alkyl halides is 1. The number of benzene rings is 1. The number of rotatable bonds is 5. The average Bonchev–Trinajstić information content (AvgIpc) is 2.29. The Kier molecular flexibility index (Phi) is 4.82. The number of ether oxygens (including phenoxy) is 1. The fourth-order valence-electron chi connectivity index (χ4n) is 1.20. The maximum absolute atomic E-state index is 8.86. The summed E-state index contributed by atoms with van der Waals surface area (Å²) < 4.78 is 5.61. The summed E-state index contributed by atoms with van der Waals surface area (Å²) >= 11 is 3.40. The van der Waals surface area contributed by atoms with Gasteiger partial charge in [0.25, 0.3) is 0 Å². The molecule has 1 aromatic carbocycles. The predicted octanol–water partition coefficient (Wildman–Crippen LogP) is 3.90. The van der Waals surface area contributed by atoms with E-state index in [1.807, 2.05) is 38.1 Å². The van der Waals surface area contributed by atoms with Gasteiger partial charge in [-0.2, -0.15) is 5.26 Å². The highest BCUT2D eigenvalue weighted by atomic mass is 79.9. The van der Waals surface area contributed by atoms with Crippen LogP contribution in [0.15, 0.2) is 24.3 Å². The van der Waals surface area contributed by atoms with Crippen molar-refractivity contribution in [3.63, 3.8) is 0 Å². The second-order valence-corrected chi connectivity index (χ2v) is 4.94. The smallest absolute Gasteiger partial charge is 0.119 e. The first-order valence-corrected chi connectivity index (χ1v) is 6.38. The molecule has 0 saturated carbocycles. The van der Waals surface area contributed by atoms with Gasteiger partial charge in [-0.3, -0.25) is 0 Å². The minimum absolute atomic E-state index is 0.312. The highest BCUT2D eigenvalue weighted by molar-refractivity contribution is 9.08. The molecule has 2 nitrogen and oxygen atoms in total. The molecule has 0 bridgehead atoms. The third-order valence-electron chi connectivity index (χ3n) is 2.35. The molecule has 0 spiro atoms. The number of hydrogen-bond donors (Lipinski definition) is 0. The molecular weight excluding hydrogens is 266 g/mol. The SMILES string of the molecule is CC(C)(C#N)CCOc1cccc(CBr)c1. The molecule has 0 radical (unpaired) electrons. The summed E-state index contributed by atoms with van der Waals surface area (Å²) in [7, 11) is 0. The van der Waals surface area contributed by atoms with E-state index >= 15 is 0 Å². The van der Waals surface area contributed by atoms with E-state index in [1.54, 1.807) is 0 Å². The van der Waals surface area contributed by atoms with Crippen LogP contribution in [-0.4, -0.2) is 6.61 Å². The van der Waals surface area contributed by atoms with Crippen molar-refractivity contribution in [3.8, 4) is 11.8 Å². The maximum Gasteiger partial charge on any atom is 0.119 e. The van der Waals surface area contributed by atoms with Gasteiger partial charge in [0, 0.05) is 5.33 Å².